The Bertz CT molecular complexity index is 1210. The van der Waals surface area contributed by atoms with Crippen LogP contribution in [0.2, 0.25) is 0 Å². The van der Waals surface area contributed by atoms with E-state index >= 15 is 0 Å². The number of dihydropyridines is 1. The van der Waals surface area contributed by atoms with Gasteiger partial charge in [0.2, 0.25) is 0 Å². The van der Waals surface area contributed by atoms with Gasteiger partial charge in [-0.2, -0.15) is 0 Å². The van der Waals surface area contributed by atoms with Gasteiger partial charge in [-0.05, 0) is 42.5 Å². The summed E-state index contributed by atoms with van der Waals surface area (Å²) in [5, 5.41) is 15.2. The zero-order valence-corrected chi connectivity index (χ0v) is 20.0. The van der Waals surface area contributed by atoms with Crippen LogP contribution < -0.4 is 10.1 Å². The zero-order chi connectivity index (χ0) is 24.6. The molecule has 0 amide bonds. The van der Waals surface area contributed by atoms with Crippen LogP contribution in [0.4, 0.5) is 0 Å². The Morgan fingerprint density at radius 1 is 1.15 bits per heavy atom. The number of hydrogen-bond acceptors (Lipinski definition) is 9. The van der Waals surface area contributed by atoms with E-state index in [1.807, 2.05) is 17.5 Å². The van der Waals surface area contributed by atoms with Gasteiger partial charge in [0.15, 0.2) is 17.3 Å². The number of methoxy groups -OCH3 is 3. The molecule has 4 rings (SSSR count). The number of nitrogens with one attached hydrogen (secondary N) is 1. The van der Waals surface area contributed by atoms with E-state index in [0.717, 1.165) is 4.88 Å². The smallest absolute Gasteiger partial charge is 0.336 e. The number of hydrogen-bond donors (Lipinski definition) is 2. The number of allylic oxidation sites excluding steroid dienone is 3. The number of esters is 2. The van der Waals surface area contributed by atoms with Gasteiger partial charge in [0, 0.05) is 33.7 Å². The van der Waals surface area contributed by atoms with Crippen molar-refractivity contribution in [2.75, 3.05) is 21.3 Å². The van der Waals surface area contributed by atoms with Crippen molar-refractivity contribution in [1.29, 1.82) is 0 Å². The summed E-state index contributed by atoms with van der Waals surface area (Å²) in [5.41, 5.74) is 2.31. The number of ether oxygens (including phenoxy) is 3. The Balaban J connectivity index is 1.93. The molecule has 1 aliphatic carbocycles. The lowest BCUT2D eigenvalue weighted by atomic mass is 9.68. The van der Waals surface area contributed by atoms with Crippen molar-refractivity contribution >= 4 is 29.1 Å². The van der Waals surface area contributed by atoms with Gasteiger partial charge in [-0.3, -0.25) is 9.59 Å². The highest BCUT2D eigenvalue weighted by molar-refractivity contribution is 7.10. The second-order valence-corrected chi connectivity index (χ2v) is 9.08. The molecule has 178 valence electrons. The highest BCUT2D eigenvalue weighted by atomic mass is 32.1. The maximum absolute atomic E-state index is 14.0. The fourth-order valence-electron chi connectivity index (χ4n) is 4.79. The number of phenols is 1. The molecule has 0 bridgehead atoms. The number of rotatable bonds is 5. The quantitative estimate of drug-likeness (QED) is 0.492. The Morgan fingerprint density at radius 3 is 2.53 bits per heavy atom. The number of ketones is 1. The molecule has 1 aromatic carbocycles. The zero-order valence-electron chi connectivity index (χ0n) is 19.2. The lowest BCUT2D eigenvalue weighted by Crippen LogP contribution is -2.43. The lowest BCUT2D eigenvalue weighted by molar-refractivity contribution is -0.149. The molecule has 2 aromatic rings. The molecule has 1 aromatic heterocycles. The average Bonchev–Trinajstić information content (AvgIpc) is 3.37. The Kier molecular flexibility index (Phi) is 6.47. The molecule has 34 heavy (non-hydrogen) atoms. The maximum atomic E-state index is 14.0. The van der Waals surface area contributed by atoms with Crippen LogP contribution in [-0.4, -0.2) is 44.2 Å². The first-order chi connectivity index (χ1) is 16.3. The first-order valence-electron chi connectivity index (χ1n) is 10.6. The molecule has 1 aliphatic heterocycles. The molecule has 3 atom stereocenters. The molecular weight excluding hydrogens is 458 g/mol. The van der Waals surface area contributed by atoms with Crippen LogP contribution in [0.1, 0.15) is 35.6 Å². The Labute approximate surface area is 200 Å². The van der Waals surface area contributed by atoms with Gasteiger partial charge in [-0.1, -0.05) is 12.1 Å². The van der Waals surface area contributed by atoms with Crippen LogP contribution in [0.5, 0.6) is 11.5 Å². The molecule has 0 fully saturated rings. The van der Waals surface area contributed by atoms with Crippen LogP contribution in [-0.2, 0) is 23.9 Å². The van der Waals surface area contributed by atoms with Crippen molar-refractivity contribution in [3.05, 3.63) is 68.7 Å². The standard InChI is InChI=1S/C25H25NO7S/c1-12-19(24(29)32-3)20(13-7-8-16(27)17(10-13)31-2)22-15(26-12)11-14(18-6-5-9-34-18)21(23(22)28)25(30)33-4/h5-10,14,20-21,26-27H,11H2,1-4H3/t14-,20+,21+/m0/s1. The highest BCUT2D eigenvalue weighted by Crippen LogP contribution is 2.49. The third-order valence-corrected chi connectivity index (χ3v) is 7.33. The predicted octanol–water partition coefficient (Wildman–Crippen LogP) is 3.40. The van der Waals surface area contributed by atoms with Crippen molar-refractivity contribution in [3.8, 4) is 11.5 Å². The number of aromatic hydroxyl groups is 1. The van der Waals surface area contributed by atoms with Gasteiger partial charge in [-0.15, -0.1) is 11.3 Å². The fraction of sp³-hybridized carbons (Fsp3) is 0.320. The van der Waals surface area contributed by atoms with E-state index in [2.05, 4.69) is 5.32 Å². The summed E-state index contributed by atoms with van der Waals surface area (Å²) in [6, 6.07) is 8.43. The van der Waals surface area contributed by atoms with Gasteiger partial charge in [0.1, 0.15) is 5.92 Å². The van der Waals surface area contributed by atoms with Crippen molar-refractivity contribution in [2.45, 2.75) is 25.2 Å². The summed E-state index contributed by atoms with van der Waals surface area (Å²) in [7, 11) is 3.95. The number of carbonyl (C=O) groups excluding carboxylic acids is 3. The normalized spacial score (nSPS) is 22.1. The van der Waals surface area contributed by atoms with E-state index in [4.69, 9.17) is 14.2 Å². The van der Waals surface area contributed by atoms with E-state index in [1.54, 1.807) is 19.1 Å². The van der Waals surface area contributed by atoms with E-state index in [0.29, 0.717) is 29.0 Å². The Morgan fingerprint density at radius 2 is 1.91 bits per heavy atom. The monoisotopic (exact) mass is 483 g/mol. The number of benzene rings is 1. The second-order valence-electron chi connectivity index (χ2n) is 8.10. The average molecular weight is 484 g/mol. The molecule has 0 unspecified atom stereocenters. The van der Waals surface area contributed by atoms with Gasteiger partial charge in [-0.25, -0.2) is 4.79 Å². The minimum absolute atomic E-state index is 0.0742. The summed E-state index contributed by atoms with van der Waals surface area (Å²) < 4.78 is 15.3. The van der Waals surface area contributed by atoms with Crippen molar-refractivity contribution < 1.29 is 33.7 Å². The van der Waals surface area contributed by atoms with Gasteiger partial charge in [0.25, 0.3) is 0 Å². The molecule has 8 nitrogen and oxygen atoms in total. The summed E-state index contributed by atoms with van der Waals surface area (Å²) in [6.07, 6.45) is 0.388. The Hall–Kier alpha value is -3.59. The van der Waals surface area contributed by atoms with Gasteiger partial charge < -0.3 is 24.6 Å². The molecule has 0 radical (unpaired) electrons. The maximum Gasteiger partial charge on any atom is 0.336 e. The molecule has 2 aliphatic rings. The molecule has 0 saturated carbocycles. The predicted molar refractivity (Wildman–Crippen MR) is 124 cm³/mol. The van der Waals surface area contributed by atoms with E-state index in [1.165, 1.54) is 38.7 Å². The molecule has 2 heterocycles. The minimum atomic E-state index is -1.05. The van der Waals surface area contributed by atoms with Crippen LogP contribution in [0.25, 0.3) is 0 Å². The lowest BCUT2D eigenvalue weighted by Gasteiger charge is -2.39. The van der Waals surface area contributed by atoms with E-state index < -0.39 is 35.5 Å². The van der Waals surface area contributed by atoms with Crippen LogP contribution >= 0.6 is 11.3 Å². The van der Waals surface area contributed by atoms with Gasteiger partial charge in [0.05, 0.1) is 26.9 Å². The van der Waals surface area contributed by atoms with Crippen molar-refractivity contribution in [2.24, 2.45) is 5.92 Å². The fourth-order valence-corrected chi connectivity index (χ4v) is 5.66. The van der Waals surface area contributed by atoms with Crippen molar-refractivity contribution in [3.63, 3.8) is 0 Å². The summed E-state index contributed by atoms with van der Waals surface area (Å²) >= 11 is 1.48. The van der Waals surface area contributed by atoms with Crippen LogP contribution in [0.15, 0.2) is 58.3 Å². The number of thiophene rings is 1. The molecular formula is C25H25NO7S. The first-order valence-corrected chi connectivity index (χ1v) is 11.5. The van der Waals surface area contributed by atoms with Crippen LogP contribution in [0, 0.1) is 5.92 Å². The second kappa shape index (κ2) is 9.34. The van der Waals surface area contributed by atoms with E-state index in [9.17, 15) is 19.5 Å². The SMILES string of the molecule is COC(=O)C1=C(C)NC2=C(C(=O)[C@H](C(=O)OC)[C@H](c3cccs3)C2)[C@@H]1c1ccc(O)c(OC)c1. The largest absolute Gasteiger partial charge is 0.504 e. The topological polar surface area (TPSA) is 111 Å². The minimum Gasteiger partial charge on any atom is -0.504 e. The number of Topliss-reactive ketones (excluding diaryl/α,β-unsaturated/α-hetero) is 1. The molecule has 9 heteroatoms. The third-order valence-electron chi connectivity index (χ3n) is 6.33. The summed E-state index contributed by atoms with van der Waals surface area (Å²) in [5.74, 6) is -3.78. The van der Waals surface area contributed by atoms with Crippen molar-refractivity contribution in [1.82, 2.24) is 5.32 Å². The number of phenolic OH excluding ortho intramolecular Hbond substituents is 1. The summed E-state index contributed by atoms with van der Waals surface area (Å²) in [6.45, 7) is 1.75. The third kappa shape index (κ3) is 3.86. The van der Waals surface area contributed by atoms with Crippen LogP contribution in [0.3, 0.4) is 0 Å². The molecule has 2 N–H and O–H groups in total. The first kappa shape index (κ1) is 23.6. The molecule has 0 saturated heterocycles. The molecule has 0 spiro atoms. The summed E-state index contributed by atoms with van der Waals surface area (Å²) in [4.78, 5) is 40.6. The number of carbonyl (C=O) groups is 3. The van der Waals surface area contributed by atoms with E-state index in [-0.39, 0.29) is 17.1 Å². The van der Waals surface area contributed by atoms with Gasteiger partial charge >= 0.3 is 11.9 Å². The highest BCUT2D eigenvalue weighted by Gasteiger charge is 2.49.